The number of anilines is 2. The third-order valence-corrected chi connectivity index (χ3v) is 7.20. The van der Waals surface area contributed by atoms with Crippen molar-refractivity contribution < 1.29 is 19.4 Å². The van der Waals surface area contributed by atoms with Crippen LogP contribution >= 0.6 is 0 Å². The summed E-state index contributed by atoms with van der Waals surface area (Å²) in [5.74, 6) is 0.0153. The van der Waals surface area contributed by atoms with E-state index >= 15 is 0 Å². The Morgan fingerprint density at radius 2 is 2.00 bits per heavy atom. The number of aliphatic hydroxyl groups is 1. The number of amides is 2. The highest BCUT2D eigenvalue weighted by atomic mass is 16.5. The van der Waals surface area contributed by atoms with Crippen molar-refractivity contribution in [3.05, 3.63) is 47.9 Å². The fraction of sp³-hybridized carbons (Fsp3) is 0.440. The number of carbonyl (C=O) groups is 2. The van der Waals surface area contributed by atoms with Crippen molar-refractivity contribution in [3.63, 3.8) is 0 Å². The second-order valence-electron chi connectivity index (χ2n) is 10.2. The number of fused-ring (bicyclic) bond motifs is 2. The predicted molar refractivity (Wildman–Crippen MR) is 134 cm³/mol. The third-order valence-electron chi connectivity index (χ3n) is 7.20. The van der Waals surface area contributed by atoms with E-state index < -0.39 is 11.2 Å². The van der Waals surface area contributed by atoms with E-state index in [0.717, 1.165) is 11.3 Å². The minimum atomic E-state index is -1.07. The van der Waals surface area contributed by atoms with Crippen molar-refractivity contribution in [2.24, 2.45) is 5.73 Å². The molecule has 11 nitrogen and oxygen atoms in total. The highest BCUT2D eigenvalue weighted by Gasteiger charge is 2.47. The monoisotopic (exact) mass is 493 g/mol. The van der Waals surface area contributed by atoms with Gasteiger partial charge in [-0.2, -0.15) is 5.10 Å². The molecule has 2 amide bonds. The topological polar surface area (TPSA) is 138 Å². The van der Waals surface area contributed by atoms with Crippen LogP contribution < -0.4 is 20.7 Å². The summed E-state index contributed by atoms with van der Waals surface area (Å²) in [5.41, 5.74) is 6.68. The summed E-state index contributed by atoms with van der Waals surface area (Å²) in [6.07, 6.45) is 5.36. The molecular formula is C25H31N7O4. The van der Waals surface area contributed by atoms with Crippen LogP contribution in [0.15, 0.2) is 36.8 Å². The van der Waals surface area contributed by atoms with E-state index in [1.165, 1.54) is 6.20 Å². The summed E-state index contributed by atoms with van der Waals surface area (Å²) in [5, 5.41) is 18.0. The highest BCUT2D eigenvalue weighted by molar-refractivity contribution is 6.09. The Morgan fingerprint density at radius 1 is 1.25 bits per heavy atom. The van der Waals surface area contributed by atoms with Crippen LogP contribution in [0.2, 0.25) is 0 Å². The number of carbonyl (C=O) groups excluding carboxylic acids is 2. The van der Waals surface area contributed by atoms with Crippen molar-refractivity contribution in [3.8, 4) is 5.75 Å². The van der Waals surface area contributed by atoms with Gasteiger partial charge in [0, 0.05) is 56.6 Å². The number of nitrogens with two attached hydrogens (primary N) is 1. The Kier molecular flexibility index (Phi) is 5.84. The molecule has 0 spiro atoms. The average Bonchev–Trinajstić information content (AvgIpc) is 3.39. The molecule has 4 heterocycles. The van der Waals surface area contributed by atoms with Crippen LogP contribution in [0, 0.1) is 0 Å². The van der Waals surface area contributed by atoms with Crippen LogP contribution in [0.25, 0.3) is 5.65 Å². The molecule has 5 rings (SSSR count). The van der Waals surface area contributed by atoms with Gasteiger partial charge >= 0.3 is 0 Å². The lowest BCUT2D eigenvalue weighted by atomic mass is 9.84. The molecule has 36 heavy (non-hydrogen) atoms. The van der Waals surface area contributed by atoms with Crippen LogP contribution in [0.5, 0.6) is 5.75 Å². The fourth-order valence-corrected chi connectivity index (χ4v) is 4.74. The molecule has 4 N–H and O–H groups in total. The molecule has 1 aromatic carbocycles. The van der Waals surface area contributed by atoms with Crippen LogP contribution in [0.1, 0.15) is 36.7 Å². The van der Waals surface area contributed by atoms with Crippen molar-refractivity contribution >= 4 is 28.8 Å². The van der Waals surface area contributed by atoms with E-state index in [0.29, 0.717) is 55.2 Å². The zero-order valence-corrected chi connectivity index (χ0v) is 20.7. The minimum absolute atomic E-state index is 0.219. The maximum Gasteiger partial charge on any atom is 0.261 e. The molecule has 0 radical (unpaired) electrons. The number of nitrogens with one attached hydrogen (secondary N) is 1. The van der Waals surface area contributed by atoms with E-state index in [-0.39, 0.29) is 18.4 Å². The Balaban J connectivity index is 1.47. The van der Waals surface area contributed by atoms with Crippen molar-refractivity contribution in [1.82, 2.24) is 19.5 Å². The molecule has 2 aliphatic heterocycles. The van der Waals surface area contributed by atoms with Gasteiger partial charge in [-0.05, 0) is 32.9 Å². The van der Waals surface area contributed by atoms with Gasteiger partial charge in [-0.25, -0.2) is 9.50 Å². The summed E-state index contributed by atoms with van der Waals surface area (Å²) in [7, 11) is 0. The normalized spacial score (nSPS) is 20.3. The zero-order chi connectivity index (χ0) is 25.7. The van der Waals surface area contributed by atoms with Crippen molar-refractivity contribution in [2.45, 2.75) is 38.4 Å². The first-order valence-corrected chi connectivity index (χ1v) is 12.0. The summed E-state index contributed by atoms with van der Waals surface area (Å²) in [6.45, 7) is 8.19. The molecule has 190 valence electrons. The minimum Gasteiger partial charge on any atom is -0.484 e. The summed E-state index contributed by atoms with van der Waals surface area (Å²) >= 11 is 0. The van der Waals surface area contributed by atoms with Gasteiger partial charge in [0.2, 0.25) is 5.91 Å². The van der Waals surface area contributed by atoms with E-state index in [4.69, 9.17) is 10.5 Å². The molecule has 0 aliphatic carbocycles. The number of primary amides is 1. The van der Waals surface area contributed by atoms with E-state index in [2.05, 4.69) is 20.3 Å². The van der Waals surface area contributed by atoms with Gasteiger partial charge < -0.3 is 25.8 Å². The molecule has 1 atom stereocenters. The number of hydrogen-bond acceptors (Lipinski definition) is 8. The summed E-state index contributed by atoms with van der Waals surface area (Å²) < 4.78 is 7.82. The summed E-state index contributed by atoms with van der Waals surface area (Å²) in [6, 6.07) is 5.60. The first-order chi connectivity index (χ1) is 17.0. The summed E-state index contributed by atoms with van der Waals surface area (Å²) in [4.78, 5) is 33.1. The highest BCUT2D eigenvalue weighted by Crippen LogP contribution is 2.45. The van der Waals surface area contributed by atoms with E-state index in [1.54, 1.807) is 36.8 Å². The maximum absolute atomic E-state index is 13.3. The number of ether oxygens (including phenoxy) is 1. The standard InChI is InChI=1S/C25H31N7O4/c1-24(2,35)25(3)13-16-11-18(29-23(34)17-14-28-32-6-4-5-27-22(17)32)19(12-20(16)36-25)31-9-7-30(8-10-31)15-21(26)33/h4-6,11-12,14,35H,7-10,13,15H2,1-3H3,(H2,26,33)(H,29,34)/t25-/m0/s1. The number of hydrogen-bond donors (Lipinski definition) is 3. The number of piperazine rings is 1. The molecule has 0 unspecified atom stereocenters. The number of nitrogens with zero attached hydrogens (tertiary/aromatic N) is 5. The SMILES string of the molecule is CC(C)(O)[C@]1(C)Cc2cc(NC(=O)c3cnn4cccnc34)c(N3CCN(CC(N)=O)CC3)cc2O1. The molecule has 0 bridgehead atoms. The largest absolute Gasteiger partial charge is 0.484 e. The van der Waals surface area contributed by atoms with Gasteiger partial charge in [0.1, 0.15) is 16.9 Å². The lowest BCUT2D eigenvalue weighted by Gasteiger charge is -2.37. The van der Waals surface area contributed by atoms with Gasteiger partial charge in [0.25, 0.3) is 5.91 Å². The lowest BCUT2D eigenvalue weighted by Crippen LogP contribution is -2.51. The molecular weight excluding hydrogens is 462 g/mol. The second-order valence-corrected chi connectivity index (χ2v) is 10.2. The smallest absolute Gasteiger partial charge is 0.261 e. The van der Waals surface area contributed by atoms with Crippen molar-refractivity contribution in [2.75, 3.05) is 42.9 Å². The molecule has 2 aromatic heterocycles. The quantitative estimate of drug-likeness (QED) is 0.463. The van der Waals surface area contributed by atoms with Gasteiger partial charge in [-0.3, -0.25) is 14.5 Å². The molecule has 1 fully saturated rings. The van der Waals surface area contributed by atoms with Crippen LogP contribution in [0.3, 0.4) is 0 Å². The molecule has 11 heteroatoms. The number of benzene rings is 1. The maximum atomic E-state index is 13.3. The van der Waals surface area contributed by atoms with Crippen LogP contribution in [0.4, 0.5) is 11.4 Å². The molecule has 1 saturated heterocycles. The second kappa shape index (κ2) is 8.75. The van der Waals surface area contributed by atoms with Gasteiger partial charge in [-0.15, -0.1) is 0 Å². The Labute approximate surface area is 208 Å². The first-order valence-electron chi connectivity index (χ1n) is 12.0. The zero-order valence-electron chi connectivity index (χ0n) is 20.7. The Morgan fingerprint density at radius 3 is 2.69 bits per heavy atom. The number of rotatable bonds is 6. The molecule has 2 aliphatic rings. The lowest BCUT2D eigenvalue weighted by molar-refractivity contribution is -0.119. The molecule has 0 saturated carbocycles. The van der Waals surface area contributed by atoms with Gasteiger partial charge in [-0.1, -0.05) is 0 Å². The Bertz CT molecular complexity index is 1320. The molecule has 3 aromatic rings. The van der Waals surface area contributed by atoms with Crippen LogP contribution in [-0.2, 0) is 11.2 Å². The van der Waals surface area contributed by atoms with E-state index in [9.17, 15) is 14.7 Å². The number of aromatic nitrogens is 3. The fourth-order valence-electron chi connectivity index (χ4n) is 4.74. The predicted octanol–water partition coefficient (Wildman–Crippen LogP) is 1.05. The van der Waals surface area contributed by atoms with Gasteiger partial charge in [0.05, 0.1) is 29.7 Å². The average molecular weight is 494 g/mol. The first kappa shape index (κ1) is 24.0. The van der Waals surface area contributed by atoms with Crippen molar-refractivity contribution in [1.29, 1.82) is 0 Å². The van der Waals surface area contributed by atoms with E-state index in [1.807, 2.05) is 24.0 Å². The van der Waals surface area contributed by atoms with Gasteiger partial charge in [0.15, 0.2) is 5.65 Å². The van der Waals surface area contributed by atoms with Crippen LogP contribution in [-0.4, -0.2) is 80.3 Å². The Hall–Kier alpha value is -3.70. The third kappa shape index (κ3) is 4.35.